The molecule has 130 valence electrons. The van der Waals surface area contributed by atoms with Gasteiger partial charge >= 0.3 is 6.09 Å². The van der Waals surface area contributed by atoms with E-state index in [1.807, 2.05) is 36.4 Å². The fourth-order valence-electron chi connectivity index (χ4n) is 2.01. The van der Waals surface area contributed by atoms with Gasteiger partial charge < -0.3 is 10.1 Å². The van der Waals surface area contributed by atoms with Crippen LogP contribution in [0.15, 0.2) is 54.6 Å². The highest BCUT2D eigenvalue weighted by molar-refractivity contribution is 6.32. The number of nitrogens with one attached hydrogen (secondary N) is 1. The number of hydrogen-bond donors (Lipinski definition) is 1. The quantitative estimate of drug-likeness (QED) is 0.445. The second kappa shape index (κ2) is 9.44. The Balaban J connectivity index is 1.71. The van der Waals surface area contributed by atoms with Crippen LogP contribution < -0.4 is 5.32 Å². The van der Waals surface area contributed by atoms with E-state index in [-0.39, 0.29) is 12.3 Å². The number of amides is 1. The lowest BCUT2D eigenvalue weighted by atomic mass is 10.2. The van der Waals surface area contributed by atoms with Crippen LogP contribution in [0.1, 0.15) is 17.5 Å². The number of rotatable bonds is 7. The van der Waals surface area contributed by atoms with E-state index >= 15 is 0 Å². The molecule has 0 aliphatic carbocycles. The zero-order valence-corrected chi connectivity index (χ0v) is 14.1. The van der Waals surface area contributed by atoms with Gasteiger partial charge in [0.05, 0.1) is 9.95 Å². The van der Waals surface area contributed by atoms with Gasteiger partial charge in [-0.05, 0) is 23.6 Å². The van der Waals surface area contributed by atoms with Crippen LogP contribution in [0.2, 0.25) is 5.02 Å². The fourth-order valence-corrected chi connectivity index (χ4v) is 2.24. The number of halogens is 1. The Morgan fingerprint density at radius 1 is 1.24 bits per heavy atom. The van der Waals surface area contributed by atoms with E-state index in [1.54, 1.807) is 12.1 Å². The number of nitro groups is 1. The molecule has 25 heavy (non-hydrogen) atoms. The van der Waals surface area contributed by atoms with Crippen molar-refractivity contribution in [3.05, 3.63) is 80.9 Å². The van der Waals surface area contributed by atoms with Crippen molar-refractivity contribution in [1.82, 2.24) is 5.32 Å². The fraction of sp³-hybridized carbons (Fsp3) is 0.167. The standard InChI is InChI=1S/C18H17ClN2O4/c19-17-12-16(21(23)24)10-9-15(17)8-4-5-11-20-18(22)25-13-14-6-2-1-3-7-14/h1-4,6-10,12H,5,11,13H2,(H,20,22). The van der Waals surface area contributed by atoms with Crippen molar-refractivity contribution < 1.29 is 14.5 Å². The molecule has 0 heterocycles. The number of hydrogen-bond acceptors (Lipinski definition) is 4. The molecule has 2 rings (SSSR count). The maximum atomic E-state index is 11.6. The average molecular weight is 361 g/mol. The van der Waals surface area contributed by atoms with Crippen molar-refractivity contribution in [3.8, 4) is 0 Å². The maximum Gasteiger partial charge on any atom is 0.407 e. The molecule has 2 aromatic carbocycles. The molecule has 0 unspecified atom stereocenters. The first-order valence-electron chi connectivity index (χ1n) is 7.61. The van der Waals surface area contributed by atoms with Crippen molar-refractivity contribution in [2.24, 2.45) is 0 Å². The van der Waals surface area contributed by atoms with Gasteiger partial charge in [0.25, 0.3) is 5.69 Å². The third-order valence-electron chi connectivity index (χ3n) is 3.29. The van der Waals surface area contributed by atoms with Crippen LogP contribution in [0.5, 0.6) is 0 Å². The summed E-state index contributed by atoms with van der Waals surface area (Å²) in [5.41, 5.74) is 1.55. The van der Waals surface area contributed by atoms with Crippen LogP contribution in [0.4, 0.5) is 10.5 Å². The molecule has 0 saturated heterocycles. The molecule has 0 aliphatic rings. The monoisotopic (exact) mass is 360 g/mol. The predicted octanol–water partition coefficient (Wildman–Crippen LogP) is 4.58. The van der Waals surface area contributed by atoms with Gasteiger partial charge in [0, 0.05) is 18.7 Å². The lowest BCUT2D eigenvalue weighted by Crippen LogP contribution is -2.24. The van der Waals surface area contributed by atoms with E-state index < -0.39 is 11.0 Å². The Morgan fingerprint density at radius 2 is 2.00 bits per heavy atom. The number of ether oxygens (including phenoxy) is 1. The minimum absolute atomic E-state index is 0.0509. The number of nitrogens with zero attached hydrogens (tertiary/aromatic N) is 1. The number of carbonyl (C=O) groups is 1. The molecular formula is C18H17ClN2O4. The number of carbonyl (C=O) groups excluding carboxylic acids is 1. The van der Waals surface area contributed by atoms with E-state index in [0.717, 1.165) is 5.56 Å². The molecule has 0 atom stereocenters. The summed E-state index contributed by atoms with van der Waals surface area (Å²) in [6.45, 7) is 0.635. The van der Waals surface area contributed by atoms with Crippen LogP contribution in [-0.2, 0) is 11.3 Å². The van der Waals surface area contributed by atoms with Crippen LogP contribution in [0.3, 0.4) is 0 Å². The zero-order valence-electron chi connectivity index (χ0n) is 13.4. The van der Waals surface area contributed by atoms with E-state index in [0.29, 0.717) is 23.6 Å². The SMILES string of the molecule is O=C(NCCC=Cc1ccc([N+](=O)[O-])cc1Cl)OCc1ccccc1. The first-order valence-corrected chi connectivity index (χ1v) is 7.99. The molecule has 0 aromatic heterocycles. The van der Waals surface area contributed by atoms with E-state index in [4.69, 9.17) is 16.3 Å². The summed E-state index contributed by atoms with van der Waals surface area (Å²) in [4.78, 5) is 21.7. The van der Waals surface area contributed by atoms with Gasteiger partial charge in [-0.25, -0.2) is 4.79 Å². The lowest BCUT2D eigenvalue weighted by molar-refractivity contribution is -0.384. The summed E-state index contributed by atoms with van der Waals surface area (Å²) in [7, 11) is 0. The smallest absolute Gasteiger partial charge is 0.407 e. The average Bonchev–Trinajstić information content (AvgIpc) is 2.61. The maximum absolute atomic E-state index is 11.6. The van der Waals surface area contributed by atoms with Crippen molar-refractivity contribution in [2.75, 3.05) is 6.54 Å². The van der Waals surface area contributed by atoms with E-state index in [1.165, 1.54) is 12.1 Å². The Labute approximate surface area is 150 Å². The topological polar surface area (TPSA) is 81.5 Å². The minimum Gasteiger partial charge on any atom is -0.445 e. The molecule has 0 aliphatic heterocycles. The molecular weight excluding hydrogens is 344 g/mol. The van der Waals surface area contributed by atoms with Crippen LogP contribution in [-0.4, -0.2) is 17.6 Å². The van der Waals surface area contributed by atoms with Gasteiger partial charge in [-0.1, -0.05) is 54.1 Å². The molecule has 1 amide bonds. The summed E-state index contributed by atoms with van der Waals surface area (Å²) in [5, 5.41) is 13.6. The van der Waals surface area contributed by atoms with Gasteiger partial charge in [-0.3, -0.25) is 10.1 Å². The van der Waals surface area contributed by atoms with Crippen LogP contribution >= 0.6 is 11.6 Å². The Morgan fingerprint density at radius 3 is 2.68 bits per heavy atom. The Hall–Kier alpha value is -2.86. The molecule has 0 fully saturated rings. The molecule has 2 aromatic rings. The molecule has 0 spiro atoms. The number of alkyl carbamates (subject to hydrolysis) is 1. The van der Waals surface area contributed by atoms with Crippen molar-refractivity contribution in [2.45, 2.75) is 13.0 Å². The minimum atomic E-state index is -0.496. The molecule has 0 saturated carbocycles. The Bertz CT molecular complexity index is 763. The predicted molar refractivity (Wildman–Crippen MR) is 96.4 cm³/mol. The van der Waals surface area contributed by atoms with Crippen LogP contribution in [0.25, 0.3) is 6.08 Å². The second-order valence-electron chi connectivity index (χ2n) is 5.14. The third kappa shape index (κ3) is 6.27. The highest BCUT2D eigenvalue weighted by Crippen LogP contribution is 2.23. The summed E-state index contributed by atoms with van der Waals surface area (Å²) >= 11 is 5.99. The number of benzene rings is 2. The van der Waals surface area contributed by atoms with Gasteiger partial charge in [0.1, 0.15) is 6.61 Å². The lowest BCUT2D eigenvalue weighted by Gasteiger charge is -2.06. The summed E-state index contributed by atoms with van der Waals surface area (Å²) in [6, 6.07) is 13.7. The molecule has 7 heteroatoms. The number of non-ortho nitro benzene ring substituents is 1. The van der Waals surface area contributed by atoms with Crippen molar-refractivity contribution in [1.29, 1.82) is 0 Å². The third-order valence-corrected chi connectivity index (χ3v) is 3.61. The molecule has 1 N–H and O–H groups in total. The largest absolute Gasteiger partial charge is 0.445 e. The highest BCUT2D eigenvalue weighted by atomic mass is 35.5. The normalized spacial score (nSPS) is 10.6. The Kier molecular flexibility index (Phi) is 6.98. The first-order chi connectivity index (χ1) is 12.1. The highest BCUT2D eigenvalue weighted by Gasteiger charge is 2.07. The van der Waals surface area contributed by atoms with Crippen LogP contribution in [0, 0.1) is 10.1 Å². The summed E-state index contributed by atoms with van der Waals surface area (Å²) in [6.07, 6.45) is 3.67. The van der Waals surface area contributed by atoms with Crippen molar-refractivity contribution in [3.63, 3.8) is 0 Å². The summed E-state index contributed by atoms with van der Waals surface area (Å²) < 4.78 is 5.09. The molecule has 0 bridgehead atoms. The first kappa shape index (κ1) is 18.5. The number of nitro benzene ring substituents is 1. The van der Waals surface area contributed by atoms with Gasteiger partial charge in [0.2, 0.25) is 0 Å². The summed E-state index contributed by atoms with van der Waals surface area (Å²) in [5.74, 6) is 0. The van der Waals surface area contributed by atoms with Gasteiger partial charge in [-0.15, -0.1) is 0 Å². The zero-order chi connectivity index (χ0) is 18.1. The van der Waals surface area contributed by atoms with E-state index in [9.17, 15) is 14.9 Å². The van der Waals surface area contributed by atoms with Gasteiger partial charge in [-0.2, -0.15) is 0 Å². The van der Waals surface area contributed by atoms with Crippen molar-refractivity contribution >= 4 is 29.5 Å². The van der Waals surface area contributed by atoms with E-state index in [2.05, 4.69) is 5.32 Å². The molecule has 6 nitrogen and oxygen atoms in total. The molecule has 0 radical (unpaired) electrons. The van der Waals surface area contributed by atoms with Gasteiger partial charge in [0.15, 0.2) is 0 Å². The second-order valence-corrected chi connectivity index (χ2v) is 5.55.